The second-order valence-electron chi connectivity index (χ2n) is 13.3. The van der Waals surface area contributed by atoms with Gasteiger partial charge < -0.3 is 24.2 Å². The lowest BCUT2D eigenvalue weighted by Crippen LogP contribution is -2.44. The minimum absolute atomic E-state index is 0.0569. The average molecular weight is 605 g/mol. The molecule has 3 heterocycles. The summed E-state index contributed by atoms with van der Waals surface area (Å²) in [5.74, 6) is 0.985. The number of fused-ring (bicyclic) bond motifs is 5. The Hall–Kier alpha value is -3.29. The van der Waals surface area contributed by atoms with Crippen LogP contribution in [0.15, 0.2) is 36.6 Å². The Kier molecular flexibility index (Phi) is 9.62. The smallest absolute Gasteiger partial charge is 0.306 e. The van der Waals surface area contributed by atoms with Crippen molar-refractivity contribution in [2.45, 2.75) is 115 Å². The quantitative estimate of drug-likeness (QED) is 0.294. The van der Waals surface area contributed by atoms with Crippen molar-refractivity contribution in [3.63, 3.8) is 0 Å². The second kappa shape index (κ2) is 13.8. The van der Waals surface area contributed by atoms with Gasteiger partial charge in [0.05, 0.1) is 42.6 Å². The highest BCUT2D eigenvalue weighted by Crippen LogP contribution is 2.41. The van der Waals surface area contributed by atoms with Gasteiger partial charge in [-0.2, -0.15) is 0 Å². The Bertz CT molecular complexity index is 1350. The average Bonchev–Trinajstić information content (AvgIpc) is 3.78. The molecule has 4 aliphatic rings. The zero-order valence-electron chi connectivity index (χ0n) is 26.2. The number of aliphatic hydroxyl groups is 1. The third-order valence-electron chi connectivity index (χ3n) is 10.4. The summed E-state index contributed by atoms with van der Waals surface area (Å²) in [5, 5.41) is 11.6. The van der Waals surface area contributed by atoms with Crippen LogP contribution >= 0.6 is 0 Å². The molecular weight excluding hydrogens is 556 g/mol. The Morgan fingerprint density at radius 3 is 2.55 bits per heavy atom. The van der Waals surface area contributed by atoms with Gasteiger partial charge in [0.25, 0.3) is 0 Å². The van der Waals surface area contributed by atoms with Crippen LogP contribution in [0.4, 0.5) is 0 Å². The SMILES string of the molecule is C=C(O)[C@@H]1C[C@@H]2CN1C(=O)[C@H](C1CCCC1)CC(=O)O[C@@H]1CCC[C@H]1CCCCCc1c(nc3ccccc3c1OCC)O2. The fourth-order valence-corrected chi connectivity index (χ4v) is 8.23. The van der Waals surface area contributed by atoms with Gasteiger partial charge in [0, 0.05) is 11.8 Å². The van der Waals surface area contributed by atoms with Gasteiger partial charge in [0.15, 0.2) is 0 Å². The second-order valence-corrected chi connectivity index (χ2v) is 13.3. The number of hydrogen-bond donors (Lipinski definition) is 1. The molecule has 2 bridgehead atoms. The number of ether oxygens (including phenoxy) is 3. The maximum atomic E-state index is 14.3. The summed E-state index contributed by atoms with van der Waals surface area (Å²) >= 11 is 0. The summed E-state index contributed by atoms with van der Waals surface area (Å²) in [6.07, 6.45) is 12.0. The van der Waals surface area contributed by atoms with Gasteiger partial charge in [-0.05, 0) is 82.3 Å². The number of aliphatic hydroxyl groups excluding tert-OH is 1. The molecule has 2 aromatic rings. The van der Waals surface area contributed by atoms with E-state index in [1.165, 1.54) is 0 Å². The van der Waals surface area contributed by atoms with E-state index in [-0.39, 0.29) is 42.2 Å². The van der Waals surface area contributed by atoms with Crippen LogP contribution in [0.3, 0.4) is 0 Å². The van der Waals surface area contributed by atoms with E-state index in [0.717, 1.165) is 99.3 Å². The Labute approximate surface area is 261 Å². The van der Waals surface area contributed by atoms with Gasteiger partial charge in [0.2, 0.25) is 11.8 Å². The predicted molar refractivity (Wildman–Crippen MR) is 169 cm³/mol. The first kappa shape index (κ1) is 30.7. The van der Waals surface area contributed by atoms with Gasteiger partial charge in [-0.15, -0.1) is 0 Å². The molecule has 1 aromatic carbocycles. The molecule has 44 heavy (non-hydrogen) atoms. The summed E-state index contributed by atoms with van der Waals surface area (Å²) < 4.78 is 19.0. The number of para-hydroxylation sites is 1. The molecule has 1 aromatic heterocycles. The van der Waals surface area contributed by atoms with Crippen LogP contribution in [0, 0.1) is 17.8 Å². The van der Waals surface area contributed by atoms with E-state index < -0.39 is 12.0 Å². The number of esters is 1. The molecule has 238 valence electrons. The molecular formula is C36H48N2O6. The van der Waals surface area contributed by atoms with Gasteiger partial charge in [-0.25, -0.2) is 4.98 Å². The normalized spacial score (nSPS) is 28.9. The maximum absolute atomic E-state index is 14.3. The van der Waals surface area contributed by atoms with Crippen molar-refractivity contribution in [1.82, 2.24) is 9.88 Å². The minimum Gasteiger partial charge on any atom is -0.511 e. The van der Waals surface area contributed by atoms with Crippen LogP contribution in [0.5, 0.6) is 11.6 Å². The molecule has 8 nitrogen and oxygen atoms in total. The highest BCUT2D eigenvalue weighted by molar-refractivity contribution is 5.87. The summed E-state index contributed by atoms with van der Waals surface area (Å²) in [5.41, 5.74) is 1.77. The highest BCUT2D eigenvalue weighted by atomic mass is 16.5. The van der Waals surface area contributed by atoms with Crippen LogP contribution in [0.1, 0.15) is 96.0 Å². The van der Waals surface area contributed by atoms with E-state index in [1.54, 1.807) is 4.90 Å². The molecule has 8 heteroatoms. The number of benzene rings is 1. The number of carbonyl (C=O) groups excluding carboxylic acids is 2. The predicted octanol–water partition coefficient (Wildman–Crippen LogP) is 7.08. The number of rotatable bonds is 4. The number of amides is 1. The monoisotopic (exact) mass is 604 g/mol. The van der Waals surface area contributed by atoms with Gasteiger partial charge in [-0.3, -0.25) is 9.59 Å². The van der Waals surface area contributed by atoms with Crippen LogP contribution in [-0.2, 0) is 20.7 Å². The largest absolute Gasteiger partial charge is 0.511 e. The Balaban J connectivity index is 1.36. The Morgan fingerprint density at radius 2 is 1.75 bits per heavy atom. The molecule has 0 radical (unpaired) electrons. The molecule has 1 amide bonds. The fraction of sp³-hybridized carbons (Fsp3) is 0.639. The molecule has 1 N–H and O–H groups in total. The van der Waals surface area contributed by atoms with Crippen molar-refractivity contribution >= 4 is 22.8 Å². The zero-order valence-corrected chi connectivity index (χ0v) is 26.2. The van der Waals surface area contributed by atoms with Crippen LogP contribution in [0.25, 0.3) is 10.9 Å². The van der Waals surface area contributed by atoms with E-state index in [2.05, 4.69) is 6.58 Å². The molecule has 0 unspecified atom stereocenters. The van der Waals surface area contributed by atoms with Crippen molar-refractivity contribution < 1.29 is 28.9 Å². The van der Waals surface area contributed by atoms with Crippen molar-refractivity contribution in [2.75, 3.05) is 13.2 Å². The van der Waals surface area contributed by atoms with Crippen molar-refractivity contribution in [1.29, 1.82) is 0 Å². The van der Waals surface area contributed by atoms with Crippen LogP contribution in [-0.4, -0.2) is 58.3 Å². The molecule has 2 aliphatic carbocycles. The van der Waals surface area contributed by atoms with Crippen LogP contribution < -0.4 is 9.47 Å². The lowest BCUT2D eigenvalue weighted by atomic mass is 9.86. The first-order valence-corrected chi connectivity index (χ1v) is 17.0. The van der Waals surface area contributed by atoms with Crippen molar-refractivity contribution in [3.8, 4) is 11.6 Å². The van der Waals surface area contributed by atoms with Crippen LogP contribution in [0.2, 0.25) is 0 Å². The minimum atomic E-state index is -0.580. The molecule has 2 saturated carbocycles. The summed E-state index contributed by atoms with van der Waals surface area (Å²) in [4.78, 5) is 34.4. The number of nitrogens with zero attached hydrogens (tertiary/aromatic N) is 2. The molecule has 3 fully saturated rings. The van der Waals surface area contributed by atoms with E-state index in [0.29, 0.717) is 31.4 Å². The summed E-state index contributed by atoms with van der Waals surface area (Å²) in [7, 11) is 0. The van der Waals surface area contributed by atoms with Gasteiger partial charge >= 0.3 is 5.97 Å². The molecule has 2 aliphatic heterocycles. The number of pyridine rings is 1. The lowest BCUT2D eigenvalue weighted by Gasteiger charge is -2.31. The van der Waals surface area contributed by atoms with E-state index in [4.69, 9.17) is 19.2 Å². The molecule has 0 spiro atoms. The molecule has 5 atom stereocenters. The number of aromatic nitrogens is 1. The standard InChI is InChI=1S/C36H48N2O6/c1-3-42-34-27-16-9-10-18-30(27)37-35-28(34)17-6-4-5-14-25-15-11-19-32(25)44-33(40)21-29(24-12-7-8-13-24)36(41)38-22-26(43-35)20-31(38)23(2)39/h9-10,16,18,24-26,29,31-32,39H,2-8,11-15,17,19-22H2,1H3/t25-,26-,29+,31+,32-/m1/s1. The van der Waals surface area contributed by atoms with Crippen molar-refractivity contribution in [3.05, 3.63) is 42.2 Å². The summed E-state index contributed by atoms with van der Waals surface area (Å²) in [6, 6.07) is 7.41. The lowest BCUT2D eigenvalue weighted by molar-refractivity contribution is -0.156. The van der Waals surface area contributed by atoms with E-state index >= 15 is 0 Å². The third-order valence-corrected chi connectivity index (χ3v) is 10.4. The van der Waals surface area contributed by atoms with Gasteiger partial charge in [-0.1, -0.05) is 44.4 Å². The third kappa shape index (κ3) is 6.54. The van der Waals surface area contributed by atoms with Crippen molar-refractivity contribution in [2.24, 2.45) is 17.8 Å². The number of hydrogen-bond acceptors (Lipinski definition) is 7. The topological polar surface area (TPSA) is 98.2 Å². The Morgan fingerprint density at radius 1 is 1.00 bits per heavy atom. The first-order valence-electron chi connectivity index (χ1n) is 17.0. The first-order chi connectivity index (χ1) is 21.4. The van der Waals surface area contributed by atoms with E-state index in [1.807, 2.05) is 31.2 Å². The van der Waals surface area contributed by atoms with E-state index in [9.17, 15) is 14.7 Å². The fourth-order valence-electron chi connectivity index (χ4n) is 8.23. The summed E-state index contributed by atoms with van der Waals surface area (Å²) in [6.45, 7) is 6.65. The molecule has 1 saturated heterocycles. The zero-order chi connectivity index (χ0) is 30.6. The highest BCUT2D eigenvalue weighted by Gasteiger charge is 2.44. The maximum Gasteiger partial charge on any atom is 0.306 e. The number of carbonyl (C=O) groups is 2. The molecule has 6 rings (SSSR count). The van der Waals surface area contributed by atoms with Gasteiger partial charge in [0.1, 0.15) is 23.7 Å².